The van der Waals surface area contributed by atoms with Gasteiger partial charge in [-0.25, -0.2) is 13.9 Å². The third-order valence-corrected chi connectivity index (χ3v) is 12.2. The van der Waals surface area contributed by atoms with Gasteiger partial charge in [0.25, 0.3) is 14.1 Å². The number of hydrogen-bond donors (Lipinski definition) is 1. The van der Waals surface area contributed by atoms with Crippen molar-refractivity contribution in [2.75, 3.05) is 6.61 Å². The number of nitrogens with one attached hydrogen (secondary N) is 1. The van der Waals surface area contributed by atoms with Gasteiger partial charge >= 0.3 is 5.69 Å². The molecule has 2 aromatic rings. The first kappa shape index (κ1) is 32.7. The zero-order chi connectivity index (χ0) is 31.0. The van der Waals surface area contributed by atoms with E-state index in [2.05, 4.69) is 42.6 Å². The molecule has 1 aliphatic rings. The number of nitrogens with zero attached hydrogens (tertiary/aromatic N) is 2. The molecule has 1 fully saturated rings. The Kier molecular flexibility index (Phi) is 12.4. The van der Waals surface area contributed by atoms with Gasteiger partial charge in [0.05, 0.1) is 12.7 Å². The van der Waals surface area contributed by atoms with Gasteiger partial charge in [0.1, 0.15) is 6.10 Å². The van der Waals surface area contributed by atoms with E-state index in [-0.39, 0.29) is 23.7 Å². The summed E-state index contributed by atoms with van der Waals surface area (Å²) < 4.78 is 45.7. The lowest BCUT2D eigenvalue weighted by Gasteiger charge is -2.37. The Bertz CT molecular complexity index is 1240. The normalized spacial score (nSPS) is 22.6. The number of hydrogen-bond acceptors (Lipinski definition) is 8. The minimum absolute atomic E-state index is 0.0450. The van der Waals surface area contributed by atoms with E-state index in [1.807, 2.05) is 50.6 Å². The van der Waals surface area contributed by atoms with E-state index in [0.29, 0.717) is 13.0 Å². The van der Waals surface area contributed by atoms with Crippen LogP contribution in [0.5, 0.6) is 0 Å². The number of H-pyrrole nitrogens is 1. The Morgan fingerprint density at radius 1 is 1.22 bits per heavy atom. The molecule has 230 valence electrons. The molecule has 0 radical (unpaired) electrons. The first-order valence-electron chi connectivity index (χ1n) is 14.8. The maximum atomic E-state index is 15.9. The Balaban J connectivity index is 1.77. The van der Waals surface area contributed by atoms with Gasteiger partial charge in [0, 0.05) is 35.4 Å². The fourth-order valence-electron chi connectivity index (χ4n) is 4.73. The van der Waals surface area contributed by atoms with Crippen molar-refractivity contribution in [3.63, 3.8) is 0 Å². The molecule has 8 nitrogen and oxygen atoms in total. The van der Waals surface area contributed by atoms with Crippen LogP contribution in [0.15, 0.2) is 51.0 Å². The molecule has 1 saturated heterocycles. The van der Waals surface area contributed by atoms with Gasteiger partial charge in [-0.2, -0.15) is 0 Å². The first-order valence-corrected chi connectivity index (χ1v) is 17.4. The summed E-state index contributed by atoms with van der Waals surface area (Å²) in [5.41, 5.74) is -0.192. The van der Waals surface area contributed by atoms with E-state index >= 15 is 4.39 Å². The van der Waals surface area contributed by atoms with Crippen molar-refractivity contribution in [2.24, 2.45) is 0 Å². The van der Waals surface area contributed by atoms with Crippen LogP contribution in [0.4, 0.5) is 4.39 Å². The summed E-state index contributed by atoms with van der Waals surface area (Å²) in [5.74, 6) is 0. The highest BCUT2D eigenvalue weighted by Crippen LogP contribution is 2.50. The quantitative estimate of drug-likeness (QED) is 0.165. The van der Waals surface area contributed by atoms with Crippen LogP contribution < -0.4 is 11.2 Å². The van der Waals surface area contributed by atoms with Gasteiger partial charge in [-0.15, -0.1) is 0 Å². The van der Waals surface area contributed by atoms with E-state index in [1.165, 1.54) is 16.7 Å². The van der Waals surface area contributed by atoms with Crippen LogP contribution in [0.25, 0.3) is 0 Å². The molecule has 1 aromatic carbocycles. The lowest BCUT2D eigenvalue weighted by atomic mass is 10.1. The maximum Gasteiger partial charge on any atom is 0.330 e. The number of ether oxygens (including phenoxy) is 1. The Labute approximate surface area is 253 Å². The smallest absolute Gasteiger partial charge is 0.330 e. The van der Waals surface area contributed by atoms with E-state index in [0.717, 1.165) is 23.5 Å². The predicted octanol–water partition coefficient (Wildman–Crippen LogP) is 7.10. The summed E-state index contributed by atoms with van der Waals surface area (Å²) in [6.45, 7) is 15.0. The standard InChI is InChI=1S/C29H45FN3O5PS2/c1-9-16-29(7,8)41-40-23-13-11-10-12-22(23)15-18-36-39(33(19(2)3)20(4)5)38-26-21(6)37-27(25(26)30)32-17-14-24(34)31-28(32)35/h10-14,17,19-21,25-27H,9,15-16,18H2,1-8H3,(H,31,34,35)/i6D. The lowest BCUT2D eigenvalue weighted by Crippen LogP contribution is -2.38. The second-order valence-corrected chi connectivity index (χ2v) is 15.6. The monoisotopic (exact) mass is 630 g/mol. The van der Waals surface area contributed by atoms with E-state index < -0.39 is 44.4 Å². The van der Waals surface area contributed by atoms with Gasteiger partial charge in [-0.1, -0.05) is 53.1 Å². The molecule has 3 rings (SSSR count). The summed E-state index contributed by atoms with van der Waals surface area (Å²) in [6, 6.07) is 9.53. The van der Waals surface area contributed by atoms with Gasteiger partial charge in [0.2, 0.25) is 0 Å². The van der Waals surface area contributed by atoms with Gasteiger partial charge in [-0.3, -0.25) is 14.3 Å². The van der Waals surface area contributed by atoms with Crippen LogP contribution in [0.3, 0.4) is 0 Å². The van der Waals surface area contributed by atoms with Crippen LogP contribution >= 0.6 is 30.1 Å². The summed E-state index contributed by atoms with van der Waals surface area (Å²) in [6.07, 6.45) is -0.992. The second-order valence-electron chi connectivity index (χ2n) is 11.3. The highest BCUT2D eigenvalue weighted by molar-refractivity contribution is 8.77. The topological polar surface area (TPSA) is 85.8 Å². The second kappa shape index (κ2) is 15.5. The molecular weight excluding hydrogens is 584 g/mol. The molecule has 5 unspecified atom stereocenters. The highest BCUT2D eigenvalue weighted by atomic mass is 33.1. The number of aromatic nitrogens is 2. The zero-order valence-electron chi connectivity index (χ0n) is 26.0. The van der Waals surface area contributed by atoms with Crippen molar-refractivity contribution in [1.29, 1.82) is 0 Å². The summed E-state index contributed by atoms with van der Waals surface area (Å²) in [4.78, 5) is 27.2. The molecule has 5 atom stereocenters. The number of rotatable bonds is 15. The molecule has 0 saturated carbocycles. The largest absolute Gasteiger partial charge is 0.349 e. The van der Waals surface area contributed by atoms with E-state index in [4.69, 9.17) is 15.2 Å². The fraction of sp³-hybridized carbons (Fsp3) is 0.655. The van der Waals surface area contributed by atoms with Crippen molar-refractivity contribution in [3.05, 3.63) is 62.9 Å². The van der Waals surface area contributed by atoms with Crippen LogP contribution in [0.1, 0.15) is 81.4 Å². The van der Waals surface area contributed by atoms with E-state index in [9.17, 15) is 9.59 Å². The van der Waals surface area contributed by atoms with Crippen molar-refractivity contribution in [1.82, 2.24) is 14.2 Å². The van der Waals surface area contributed by atoms with Crippen molar-refractivity contribution >= 4 is 30.1 Å². The minimum atomic E-state index is -1.75. The Morgan fingerprint density at radius 3 is 2.56 bits per heavy atom. The third-order valence-electron chi connectivity index (χ3n) is 6.61. The average molecular weight is 631 g/mol. The molecule has 1 aliphatic heterocycles. The van der Waals surface area contributed by atoms with Gasteiger partial charge < -0.3 is 13.8 Å². The highest BCUT2D eigenvalue weighted by Gasteiger charge is 2.47. The minimum Gasteiger partial charge on any atom is -0.349 e. The summed E-state index contributed by atoms with van der Waals surface area (Å²) in [7, 11) is 1.93. The third kappa shape index (κ3) is 9.39. The molecule has 0 aliphatic carbocycles. The van der Waals surface area contributed by atoms with Crippen molar-refractivity contribution < 1.29 is 19.5 Å². The molecule has 12 heteroatoms. The Morgan fingerprint density at radius 2 is 1.93 bits per heavy atom. The number of halogens is 1. The number of alkyl halides is 1. The molecule has 2 heterocycles. The average Bonchev–Trinajstić information content (AvgIpc) is 3.22. The Hall–Kier alpha value is -1.20. The predicted molar refractivity (Wildman–Crippen MR) is 168 cm³/mol. The molecule has 41 heavy (non-hydrogen) atoms. The molecule has 0 bridgehead atoms. The molecular formula is C29H45FN3O5PS2. The molecule has 1 N–H and O–H groups in total. The lowest BCUT2D eigenvalue weighted by molar-refractivity contribution is -0.0180. The van der Waals surface area contributed by atoms with Crippen LogP contribution in [-0.2, 0) is 20.2 Å². The zero-order valence-corrected chi connectivity index (χ0v) is 27.6. The fourth-order valence-corrected chi connectivity index (χ4v) is 9.19. The van der Waals surface area contributed by atoms with E-state index in [1.54, 1.807) is 10.8 Å². The molecule has 0 spiro atoms. The van der Waals surface area contributed by atoms with Crippen molar-refractivity contribution in [3.8, 4) is 0 Å². The maximum absolute atomic E-state index is 15.9. The molecule has 0 amide bonds. The summed E-state index contributed by atoms with van der Waals surface area (Å²) in [5, 5.41) is 0. The SMILES string of the molecule is [2H]CC1OC(n2ccc(=O)[nH]c2=O)C(F)C1OP(OCCc1ccccc1SSC(C)(C)CCC)N(C(C)C)C(C)C. The summed E-state index contributed by atoms with van der Waals surface area (Å²) >= 11 is 0. The first-order chi connectivity index (χ1) is 19.9. The number of aromatic amines is 1. The molecule has 1 aromatic heterocycles. The van der Waals surface area contributed by atoms with Gasteiger partial charge in [-0.05, 0) is 72.9 Å². The van der Waals surface area contributed by atoms with Crippen molar-refractivity contribution in [2.45, 2.75) is 121 Å². The van der Waals surface area contributed by atoms with Crippen LogP contribution in [-0.4, -0.2) is 56.0 Å². The van der Waals surface area contributed by atoms with Gasteiger partial charge in [0.15, 0.2) is 12.4 Å². The van der Waals surface area contributed by atoms with Crippen LogP contribution in [0.2, 0.25) is 0 Å². The van der Waals surface area contributed by atoms with Crippen LogP contribution in [0, 0.1) is 0 Å². The number of benzene rings is 1.